The zero-order chi connectivity index (χ0) is 18.9. The summed E-state index contributed by atoms with van der Waals surface area (Å²) in [6.45, 7) is 4.82. The fourth-order valence-corrected chi connectivity index (χ4v) is 3.96. The molecule has 0 atom stereocenters. The number of carbonyl (C=O) groups is 1. The van der Waals surface area contributed by atoms with Gasteiger partial charge in [0.2, 0.25) is 0 Å². The summed E-state index contributed by atoms with van der Waals surface area (Å²) in [5.74, 6) is 0.899. The van der Waals surface area contributed by atoms with E-state index in [1.807, 2.05) is 44.6 Å². The Bertz CT molecular complexity index is 973. The fraction of sp³-hybridized carbons (Fsp3) is 0.400. The largest absolute Gasteiger partial charge is 0.352 e. The summed E-state index contributed by atoms with van der Waals surface area (Å²) in [6.07, 6.45) is 5.83. The average molecular weight is 377 g/mol. The van der Waals surface area contributed by atoms with E-state index in [0.29, 0.717) is 0 Å². The molecule has 0 radical (unpaired) electrons. The van der Waals surface area contributed by atoms with Gasteiger partial charge in [-0.2, -0.15) is 0 Å². The molecule has 3 aromatic rings. The van der Waals surface area contributed by atoms with Crippen molar-refractivity contribution in [3.8, 4) is 11.4 Å². The maximum atomic E-state index is 12.6. The topological polar surface area (TPSA) is 69.9 Å². The highest BCUT2D eigenvalue weighted by molar-refractivity contribution is 5.75. The van der Waals surface area contributed by atoms with E-state index < -0.39 is 0 Å². The lowest BCUT2D eigenvalue weighted by Gasteiger charge is -2.37. The van der Waals surface area contributed by atoms with Crippen molar-refractivity contribution in [1.82, 2.24) is 29.4 Å². The molecule has 0 spiro atoms. The van der Waals surface area contributed by atoms with Crippen LogP contribution in [-0.2, 0) is 0 Å². The number of fused-ring (bicyclic) bond motifs is 1. The number of pyridine rings is 1. The summed E-state index contributed by atoms with van der Waals surface area (Å²) in [6, 6.07) is 9.99. The lowest BCUT2D eigenvalue weighted by molar-refractivity contribution is 0.159. The smallest absolute Gasteiger partial charge is 0.320 e. The van der Waals surface area contributed by atoms with Gasteiger partial charge in [0, 0.05) is 45.5 Å². The van der Waals surface area contributed by atoms with E-state index in [-0.39, 0.29) is 6.03 Å². The Morgan fingerprint density at radius 1 is 0.857 bits per heavy atom. The van der Waals surface area contributed by atoms with E-state index in [2.05, 4.69) is 14.9 Å². The van der Waals surface area contributed by atoms with Crippen LogP contribution in [0.5, 0.6) is 0 Å². The predicted molar refractivity (Wildman–Crippen MR) is 106 cm³/mol. The van der Waals surface area contributed by atoms with E-state index in [4.69, 9.17) is 5.10 Å². The number of anilines is 1. The van der Waals surface area contributed by atoms with Crippen molar-refractivity contribution in [1.29, 1.82) is 0 Å². The molecule has 5 heterocycles. The van der Waals surface area contributed by atoms with Gasteiger partial charge < -0.3 is 14.7 Å². The molecule has 0 aliphatic carbocycles. The number of nitrogens with zero attached hydrogens (tertiary/aromatic N) is 7. The van der Waals surface area contributed by atoms with Crippen LogP contribution in [-0.4, -0.2) is 74.7 Å². The summed E-state index contributed by atoms with van der Waals surface area (Å²) in [7, 11) is 0. The minimum atomic E-state index is 0.188. The Morgan fingerprint density at radius 2 is 1.64 bits per heavy atom. The first-order valence-electron chi connectivity index (χ1n) is 9.84. The molecule has 0 bridgehead atoms. The third-order valence-corrected chi connectivity index (χ3v) is 5.53. The van der Waals surface area contributed by atoms with E-state index in [1.54, 1.807) is 12.4 Å². The molecule has 0 unspecified atom stereocenters. The van der Waals surface area contributed by atoms with Crippen molar-refractivity contribution in [3.63, 3.8) is 0 Å². The zero-order valence-electron chi connectivity index (χ0n) is 15.7. The molecule has 8 nitrogen and oxygen atoms in total. The van der Waals surface area contributed by atoms with E-state index >= 15 is 0 Å². The van der Waals surface area contributed by atoms with Gasteiger partial charge in [0.1, 0.15) is 11.5 Å². The van der Waals surface area contributed by atoms with Crippen LogP contribution in [0.1, 0.15) is 12.8 Å². The van der Waals surface area contributed by atoms with Crippen molar-refractivity contribution in [2.45, 2.75) is 12.8 Å². The van der Waals surface area contributed by atoms with Gasteiger partial charge in [-0.1, -0.05) is 6.07 Å². The minimum absolute atomic E-state index is 0.188. The van der Waals surface area contributed by atoms with Crippen LogP contribution < -0.4 is 4.90 Å². The first-order chi connectivity index (χ1) is 13.8. The molecular formula is C20H23N7O. The minimum Gasteiger partial charge on any atom is -0.352 e. The average Bonchev–Trinajstić information content (AvgIpc) is 3.44. The second-order valence-electron chi connectivity index (χ2n) is 7.27. The van der Waals surface area contributed by atoms with Crippen molar-refractivity contribution in [2.75, 3.05) is 44.2 Å². The van der Waals surface area contributed by atoms with E-state index in [0.717, 1.165) is 75.0 Å². The maximum Gasteiger partial charge on any atom is 0.320 e. The molecule has 144 valence electrons. The Morgan fingerprint density at radius 3 is 2.39 bits per heavy atom. The number of aromatic nitrogens is 4. The van der Waals surface area contributed by atoms with Gasteiger partial charge in [-0.25, -0.2) is 14.3 Å². The number of urea groups is 1. The predicted octanol–water partition coefficient (Wildman–Crippen LogP) is 2.13. The molecule has 0 N–H and O–H groups in total. The summed E-state index contributed by atoms with van der Waals surface area (Å²) in [5.41, 5.74) is 2.52. The highest BCUT2D eigenvalue weighted by Gasteiger charge is 2.27. The molecule has 28 heavy (non-hydrogen) atoms. The highest BCUT2D eigenvalue weighted by Crippen LogP contribution is 2.21. The Kier molecular flexibility index (Phi) is 4.31. The van der Waals surface area contributed by atoms with Crippen molar-refractivity contribution in [3.05, 3.63) is 42.7 Å². The van der Waals surface area contributed by atoms with Crippen molar-refractivity contribution < 1.29 is 4.79 Å². The molecule has 2 fully saturated rings. The number of hydrogen-bond donors (Lipinski definition) is 0. The van der Waals surface area contributed by atoms with Gasteiger partial charge in [-0.3, -0.25) is 4.98 Å². The highest BCUT2D eigenvalue weighted by atomic mass is 16.2. The maximum absolute atomic E-state index is 12.6. The Balaban J connectivity index is 1.34. The summed E-state index contributed by atoms with van der Waals surface area (Å²) < 4.78 is 1.85. The van der Waals surface area contributed by atoms with Crippen LogP contribution >= 0.6 is 0 Å². The summed E-state index contributed by atoms with van der Waals surface area (Å²) in [5, 5.41) is 4.81. The normalized spacial score (nSPS) is 17.5. The molecule has 8 heteroatoms. The monoisotopic (exact) mass is 377 g/mol. The van der Waals surface area contributed by atoms with Crippen LogP contribution in [0.15, 0.2) is 42.7 Å². The lowest BCUT2D eigenvalue weighted by atomic mass is 10.3. The summed E-state index contributed by atoms with van der Waals surface area (Å²) >= 11 is 0. The third kappa shape index (κ3) is 3.04. The molecule has 2 amide bonds. The zero-order valence-corrected chi connectivity index (χ0v) is 15.7. The fourth-order valence-electron chi connectivity index (χ4n) is 3.96. The summed E-state index contributed by atoms with van der Waals surface area (Å²) in [4.78, 5) is 27.6. The van der Waals surface area contributed by atoms with Crippen molar-refractivity contribution in [2.24, 2.45) is 0 Å². The number of rotatable bonds is 2. The molecule has 2 aliphatic heterocycles. The van der Waals surface area contributed by atoms with Crippen LogP contribution in [0.3, 0.4) is 0 Å². The van der Waals surface area contributed by atoms with Gasteiger partial charge in [0.15, 0.2) is 5.65 Å². The van der Waals surface area contributed by atoms with Gasteiger partial charge in [0.05, 0.1) is 11.9 Å². The van der Waals surface area contributed by atoms with Crippen LogP contribution in [0.25, 0.3) is 17.0 Å². The molecular weight excluding hydrogens is 354 g/mol. The first-order valence-corrected chi connectivity index (χ1v) is 9.84. The van der Waals surface area contributed by atoms with E-state index in [1.165, 1.54) is 0 Å². The molecule has 3 aromatic heterocycles. The molecule has 0 aromatic carbocycles. The number of piperazine rings is 1. The van der Waals surface area contributed by atoms with Gasteiger partial charge in [-0.05, 0) is 37.1 Å². The van der Waals surface area contributed by atoms with Crippen LogP contribution in [0.2, 0.25) is 0 Å². The first kappa shape index (κ1) is 17.0. The number of carbonyl (C=O) groups excluding carboxylic acids is 1. The molecule has 2 saturated heterocycles. The molecule has 0 saturated carbocycles. The van der Waals surface area contributed by atoms with E-state index in [9.17, 15) is 4.79 Å². The standard InChI is InChI=1S/C20H23N7O/c28-20(25-9-3-4-10-25)26-13-11-24(12-14-26)19-7-6-18-22-15-17(27(18)23-19)16-5-1-2-8-21-16/h1-2,5-8,15H,3-4,9-14H2. The number of imidazole rings is 1. The molecule has 2 aliphatic rings. The Labute approximate surface area is 163 Å². The van der Waals surface area contributed by atoms with Crippen LogP contribution in [0, 0.1) is 0 Å². The van der Waals surface area contributed by atoms with Crippen molar-refractivity contribution >= 4 is 17.5 Å². The number of likely N-dealkylation sites (tertiary alicyclic amines) is 1. The van der Waals surface area contributed by atoms with Gasteiger partial charge >= 0.3 is 6.03 Å². The molecule has 5 rings (SSSR count). The quantitative estimate of drug-likeness (QED) is 0.684. The number of hydrogen-bond acceptors (Lipinski definition) is 5. The van der Waals surface area contributed by atoms with Gasteiger partial charge in [0.25, 0.3) is 0 Å². The lowest BCUT2D eigenvalue weighted by Crippen LogP contribution is -2.52. The Hall–Kier alpha value is -3.16. The van der Waals surface area contributed by atoms with Crippen LogP contribution in [0.4, 0.5) is 10.6 Å². The second kappa shape index (κ2) is 7.10. The number of amides is 2. The SMILES string of the molecule is O=C(N1CCCC1)N1CCN(c2ccc3ncc(-c4ccccn4)n3n2)CC1. The second-order valence-corrected chi connectivity index (χ2v) is 7.27. The third-order valence-electron chi connectivity index (χ3n) is 5.53. The van der Waals surface area contributed by atoms with Gasteiger partial charge in [-0.15, -0.1) is 5.10 Å².